The van der Waals surface area contributed by atoms with Crippen LogP contribution < -0.4 is 9.47 Å². The molecule has 1 aliphatic carbocycles. The lowest BCUT2D eigenvalue weighted by atomic mass is 9.77. The average molecular weight is 421 g/mol. The molecule has 5 nitrogen and oxygen atoms in total. The van der Waals surface area contributed by atoms with Crippen molar-refractivity contribution < 1.29 is 24.1 Å². The molecular formula is C26H28O5. The van der Waals surface area contributed by atoms with Crippen LogP contribution in [0.2, 0.25) is 0 Å². The number of aliphatic hydroxyl groups excluding tert-OH is 1. The summed E-state index contributed by atoms with van der Waals surface area (Å²) in [5, 5.41) is 10.9. The zero-order valence-corrected chi connectivity index (χ0v) is 17.9. The molecule has 1 saturated heterocycles. The van der Waals surface area contributed by atoms with Crippen molar-refractivity contribution in [1.29, 1.82) is 0 Å². The molecule has 3 aliphatic rings. The van der Waals surface area contributed by atoms with Gasteiger partial charge < -0.3 is 19.3 Å². The standard InChI is InChI=1S/C26H28O5/c1-16-2-3-19(20-4-5-24-25(14-20)31-15-30-24)13-21(16)26-22(27)11-18(12-23(26)28)10-17-6-8-29-9-7-17/h2-5,13-14,17-18,27H,6-12,15H2,1H3. The van der Waals surface area contributed by atoms with E-state index in [0.717, 1.165) is 66.2 Å². The number of Topliss-reactive ketones (excluding diaryl/α,β-unsaturated/α-hetero) is 1. The van der Waals surface area contributed by atoms with Gasteiger partial charge >= 0.3 is 0 Å². The maximum absolute atomic E-state index is 13.1. The number of carbonyl (C=O) groups is 1. The van der Waals surface area contributed by atoms with Crippen LogP contribution in [0.15, 0.2) is 42.2 Å². The topological polar surface area (TPSA) is 65.0 Å². The van der Waals surface area contributed by atoms with Crippen molar-refractivity contribution in [2.45, 2.75) is 39.0 Å². The second kappa shape index (κ2) is 8.39. The lowest BCUT2D eigenvalue weighted by Crippen LogP contribution is -2.24. The third kappa shape index (κ3) is 4.07. The summed E-state index contributed by atoms with van der Waals surface area (Å²) in [6.45, 7) is 3.84. The first-order chi connectivity index (χ1) is 15.1. The molecule has 1 N–H and O–H groups in total. The molecule has 1 fully saturated rings. The summed E-state index contributed by atoms with van der Waals surface area (Å²) in [4.78, 5) is 13.1. The number of carbonyl (C=O) groups excluding carboxylic acids is 1. The number of fused-ring (bicyclic) bond motifs is 1. The Kier molecular flexibility index (Phi) is 5.45. The van der Waals surface area contributed by atoms with Gasteiger partial charge in [0.25, 0.3) is 0 Å². The van der Waals surface area contributed by atoms with Gasteiger partial charge in [0.05, 0.1) is 5.57 Å². The SMILES string of the molecule is Cc1ccc(-c2ccc3c(c2)OCO3)cc1C1=C(O)CC(CC2CCOCC2)CC1=O. The molecule has 2 heterocycles. The zero-order chi connectivity index (χ0) is 21.4. The van der Waals surface area contributed by atoms with Crippen LogP contribution in [0, 0.1) is 18.8 Å². The van der Waals surface area contributed by atoms with Crippen molar-refractivity contribution in [2.24, 2.45) is 11.8 Å². The molecule has 2 aromatic carbocycles. The number of ketones is 1. The van der Waals surface area contributed by atoms with E-state index in [9.17, 15) is 9.90 Å². The normalized spacial score (nSPS) is 21.6. The van der Waals surface area contributed by atoms with Crippen molar-refractivity contribution in [1.82, 2.24) is 0 Å². The summed E-state index contributed by atoms with van der Waals surface area (Å²) in [5.74, 6) is 2.57. The number of hydrogen-bond acceptors (Lipinski definition) is 5. The molecule has 0 saturated carbocycles. The molecule has 0 amide bonds. The van der Waals surface area contributed by atoms with Gasteiger partial charge in [-0.25, -0.2) is 0 Å². The minimum absolute atomic E-state index is 0.0479. The Morgan fingerprint density at radius 3 is 2.48 bits per heavy atom. The lowest BCUT2D eigenvalue weighted by molar-refractivity contribution is -0.115. The fourth-order valence-electron chi connectivity index (χ4n) is 5.05. The fourth-order valence-corrected chi connectivity index (χ4v) is 5.05. The third-order valence-electron chi connectivity index (χ3n) is 6.74. The highest BCUT2D eigenvalue weighted by Gasteiger charge is 2.31. The number of hydrogen-bond donors (Lipinski definition) is 1. The molecular weight excluding hydrogens is 392 g/mol. The Balaban J connectivity index is 1.42. The molecule has 1 atom stereocenters. The van der Waals surface area contributed by atoms with Crippen LogP contribution in [0.5, 0.6) is 11.5 Å². The maximum Gasteiger partial charge on any atom is 0.231 e. The summed E-state index contributed by atoms with van der Waals surface area (Å²) in [6, 6.07) is 11.9. The van der Waals surface area contributed by atoms with Crippen molar-refractivity contribution in [3.05, 3.63) is 53.3 Å². The van der Waals surface area contributed by atoms with E-state index in [2.05, 4.69) is 0 Å². The molecule has 0 bridgehead atoms. The second-order valence-corrected chi connectivity index (χ2v) is 8.91. The second-order valence-electron chi connectivity index (χ2n) is 8.91. The first-order valence-electron chi connectivity index (χ1n) is 11.1. The van der Waals surface area contributed by atoms with Crippen molar-refractivity contribution in [3.63, 3.8) is 0 Å². The highest BCUT2D eigenvalue weighted by molar-refractivity contribution is 6.22. The number of benzene rings is 2. The van der Waals surface area contributed by atoms with E-state index in [4.69, 9.17) is 14.2 Å². The van der Waals surface area contributed by atoms with Crippen molar-refractivity contribution >= 4 is 11.4 Å². The summed E-state index contributed by atoms with van der Waals surface area (Å²) in [5.41, 5.74) is 4.27. The summed E-state index contributed by atoms with van der Waals surface area (Å²) in [7, 11) is 0. The number of allylic oxidation sites excluding steroid dienone is 2. The molecule has 0 radical (unpaired) electrons. The Morgan fingerprint density at radius 2 is 1.68 bits per heavy atom. The largest absolute Gasteiger partial charge is 0.512 e. The van der Waals surface area contributed by atoms with Gasteiger partial charge in [0.15, 0.2) is 17.3 Å². The number of rotatable bonds is 4. The number of ether oxygens (including phenoxy) is 3. The Labute approximate surface area is 182 Å². The smallest absolute Gasteiger partial charge is 0.231 e. The molecule has 2 aromatic rings. The van der Waals surface area contributed by atoms with Crippen LogP contribution >= 0.6 is 0 Å². The van der Waals surface area contributed by atoms with Crippen LogP contribution in [-0.2, 0) is 9.53 Å². The van der Waals surface area contributed by atoms with Gasteiger partial charge in [-0.1, -0.05) is 18.2 Å². The van der Waals surface area contributed by atoms with Gasteiger partial charge in [-0.15, -0.1) is 0 Å². The van der Waals surface area contributed by atoms with Gasteiger partial charge in [-0.2, -0.15) is 0 Å². The summed E-state index contributed by atoms with van der Waals surface area (Å²) >= 11 is 0. The minimum Gasteiger partial charge on any atom is -0.512 e. The van der Waals surface area contributed by atoms with E-state index in [1.54, 1.807) is 0 Å². The molecule has 5 rings (SSSR count). The van der Waals surface area contributed by atoms with Crippen molar-refractivity contribution in [3.8, 4) is 22.6 Å². The Bertz CT molecular complexity index is 1030. The molecule has 5 heteroatoms. The van der Waals surface area contributed by atoms with E-state index in [1.807, 2.05) is 43.3 Å². The van der Waals surface area contributed by atoms with Gasteiger partial charge in [-0.3, -0.25) is 4.79 Å². The fraction of sp³-hybridized carbons (Fsp3) is 0.423. The van der Waals surface area contributed by atoms with Crippen molar-refractivity contribution in [2.75, 3.05) is 20.0 Å². The van der Waals surface area contributed by atoms with E-state index in [-0.39, 0.29) is 24.3 Å². The Hall–Kier alpha value is -2.79. The first kappa shape index (κ1) is 20.1. The molecule has 1 unspecified atom stereocenters. The molecule has 31 heavy (non-hydrogen) atoms. The van der Waals surface area contributed by atoms with Gasteiger partial charge in [0.2, 0.25) is 6.79 Å². The average Bonchev–Trinajstić information content (AvgIpc) is 3.23. The number of aliphatic hydroxyl groups is 1. The molecule has 0 spiro atoms. The quantitative estimate of drug-likeness (QED) is 0.712. The first-order valence-corrected chi connectivity index (χ1v) is 11.1. The van der Waals surface area contributed by atoms with E-state index < -0.39 is 0 Å². The predicted molar refractivity (Wildman–Crippen MR) is 118 cm³/mol. The lowest BCUT2D eigenvalue weighted by Gasteiger charge is -2.29. The van der Waals surface area contributed by atoms with E-state index in [0.29, 0.717) is 24.3 Å². The highest BCUT2D eigenvalue weighted by atomic mass is 16.7. The van der Waals surface area contributed by atoms with Crippen LogP contribution in [0.1, 0.15) is 43.2 Å². The molecule has 0 aromatic heterocycles. The van der Waals surface area contributed by atoms with Gasteiger partial charge in [0, 0.05) is 26.1 Å². The van der Waals surface area contributed by atoms with Crippen LogP contribution in [0.3, 0.4) is 0 Å². The third-order valence-corrected chi connectivity index (χ3v) is 6.74. The van der Waals surface area contributed by atoms with Crippen LogP contribution in [-0.4, -0.2) is 30.9 Å². The minimum atomic E-state index is 0.0479. The molecule has 2 aliphatic heterocycles. The zero-order valence-electron chi connectivity index (χ0n) is 17.9. The number of aryl methyl sites for hydroxylation is 1. The van der Waals surface area contributed by atoms with Crippen LogP contribution in [0.25, 0.3) is 16.7 Å². The van der Waals surface area contributed by atoms with E-state index >= 15 is 0 Å². The van der Waals surface area contributed by atoms with Gasteiger partial charge in [0.1, 0.15) is 5.76 Å². The monoisotopic (exact) mass is 420 g/mol. The summed E-state index contributed by atoms with van der Waals surface area (Å²) < 4.78 is 16.4. The van der Waals surface area contributed by atoms with E-state index in [1.165, 1.54) is 0 Å². The molecule has 162 valence electrons. The summed E-state index contributed by atoms with van der Waals surface area (Å²) in [6.07, 6.45) is 4.18. The Morgan fingerprint density at radius 1 is 0.935 bits per heavy atom. The highest BCUT2D eigenvalue weighted by Crippen LogP contribution is 2.40. The predicted octanol–water partition coefficient (Wildman–Crippen LogP) is 5.46. The van der Waals surface area contributed by atoms with Crippen LogP contribution in [0.4, 0.5) is 0 Å². The maximum atomic E-state index is 13.1. The van der Waals surface area contributed by atoms with Gasteiger partial charge in [-0.05, 0) is 78.5 Å².